The van der Waals surface area contributed by atoms with Gasteiger partial charge in [0, 0.05) is 23.2 Å². The molecule has 0 unspecified atom stereocenters. The van der Waals surface area contributed by atoms with Crippen LogP contribution in [0.15, 0.2) is 48.8 Å². The smallest absolute Gasteiger partial charge is 0.163 e. The van der Waals surface area contributed by atoms with E-state index >= 15 is 0 Å². The number of fused-ring (bicyclic) bond motifs is 4. The Labute approximate surface area is 109 Å². The highest BCUT2D eigenvalue weighted by Gasteiger charge is 2.06. The maximum atomic E-state index is 5.25. The lowest BCUT2D eigenvalue weighted by atomic mass is 10.2. The van der Waals surface area contributed by atoms with Crippen LogP contribution in [0.4, 0.5) is 0 Å². The first-order valence-corrected chi connectivity index (χ1v) is 6.06. The lowest BCUT2D eigenvalue weighted by Gasteiger charge is -2.01. The van der Waals surface area contributed by atoms with E-state index in [4.69, 9.17) is 4.74 Å². The Balaban J connectivity index is 2.15. The van der Waals surface area contributed by atoms with Crippen molar-refractivity contribution < 1.29 is 4.74 Å². The highest BCUT2D eigenvalue weighted by atomic mass is 16.5. The number of methoxy groups -OCH3 is 1. The van der Waals surface area contributed by atoms with Crippen molar-refractivity contribution in [3.05, 3.63) is 48.8 Å². The second-order valence-corrected chi connectivity index (χ2v) is 4.45. The van der Waals surface area contributed by atoms with Crippen molar-refractivity contribution in [2.24, 2.45) is 0 Å². The summed E-state index contributed by atoms with van der Waals surface area (Å²) < 4.78 is 7.34. The first-order valence-electron chi connectivity index (χ1n) is 6.06. The van der Waals surface area contributed by atoms with Crippen molar-refractivity contribution in [3.8, 4) is 5.75 Å². The fraction of sp³-hybridized carbons (Fsp3) is 0.0667. The third-order valence-corrected chi connectivity index (χ3v) is 3.33. The van der Waals surface area contributed by atoms with Crippen molar-refractivity contribution in [3.63, 3.8) is 0 Å². The zero-order valence-corrected chi connectivity index (χ0v) is 10.4. The number of aromatic nitrogens is 3. The van der Waals surface area contributed by atoms with Crippen LogP contribution in [0.25, 0.3) is 27.6 Å². The van der Waals surface area contributed by atoms with Crippen molar-refractivity contribution >= 4 is 27.6 Å². The van der Waals surface area contributed by atoms with Gasteiger partial charge in [-0.1, -0.05) is 0 Å². The summed E-state index contributed by atoms with van der Waals surface area (Å²) in [7, 11) is 1.67. The Kier molecular flexibility index (Phi) is 2.00. The second-order valence-electron chi connectivity index (χ2n) is 4.45. The van der Waals surface area contributed by atoms with Gasteiger partial charge in [-0.15, -0.1) is 0 Å². The SMILES string of the molecule is COc1ccc2c(c1)cc1nc3ncccc3cn12. The number of ether oxygens (including phenoxy) is 1. The summed E-state index contributed by atoms with van der Waals surface area (Å²) in [4.78, 5) is 8.87. The maximum absolute atomic E-state index is 5.25. The van der Waals surface area contributed by atoms with Gasteiger partial charge in [0.2, 0.25) is 0 Å². The molecule has 0 fully saturated rings. The van der Waals surface area contributed by atoms with Crippen LogP contribution in [-0.4, -0.2) is 21.5 Å². The molecule has 0 saturated carbocycles. The fourth-order valence-electron chi connectivity index (χ4n) is 2.40. The highest BCUT2D eigenvalue weighted by Crippen LogP contribution is 2.25. The molecule has 3 heterocycles. The summed E-state index contributed by atoms with van der Waals surface area (Å²) in [5.74, 6) is 0.853. The van der Waals surface area contributed by atoms with E-state index in [0.717, 1.165) is 33.3 Å². The molecule has 0 bridgehead atoms. The van der Waals surface area contributed by atoms with Crippen LogP contribution in [0.1, 0.15) is 0 Å². The molecule has 4 heteroatoms. The van der Waals surface area contributed by atoms with Crippen LogP contribution in [0, 0.1) is 0 Å². The number of rotatable bonds is 1. The molecule has 4 rings (SSSR count). The average Bonchev–Trinajstić information content (AvgIpc) is 2.81. The summed E-state index contributed by atoms with van der Waals surface area (Å²) in [5.41, 5.74) is 2.79. The quantitative estimate of drug-likeness (QED) is 0.520. The van der Waals surface area contributed by atoms with Gasteiger partial charge in [-0.3, -0.25) is 0 Å². The van der Waals surface area contributed by atoms with E-state index in [1.54, 1.807) is 13.3 Å². The monoisotopic (exact) mass is 249 g/mol. The van der Waals surface area contributed by atoms with E-state index in [0.29, 0.717) is 0 Å². The molecule has 19 heavy (non-hydrogen) atoms. The minimum absolute atomic E-state index is 0.768. The first kappa shape index (κ1) is 10.3. The van der Waals surface area contributed by atoms with E-state index < -0.39 is 0 Å². The van der Waals surface area contributed by atoms with Crippen molar-refractivity contribution in [1.29, 1.82) is 0 Å². The maximum Gasteiger partial charge on any atom is 0.163 e. The van der Waals surface area contributed by atoms with Gasteiger partial charge in [-0.25, -0.2) is 9.97 Å². The Morgan fingerprint density at radius 1 is 1.11 bits per heavy atom. The molecular weight excluding hydrogens is 238 g/mol. The summed E-state index contributed by atoms with van der Waals surface area (Å²) in [6.07, 6.45) is 3.83. The first-order chi connectivity index (χ1) is 9.35. The molecular formula is C15H11N3O. The topological polar surface area (TPSA) is 39.4 Å². The van der Waals surface area contributed by atoms with E-state index in [1.807, 2.05) is 36.4 Å². The largest absolute Gasteiger partial charge is 0.497 e. The van der Waals surface area contributed by atoms with Crippen LogP contribution in [0.5, 0.6) is 5.75 Å². The van der Waals surface area contributed by atoms with Crippen molar-refractivity contribution in [2.45, 2.75) is 0 Å². The molecule has 0 saturated heterocycles. The number of nitrogens with zero attached hydrogens (tertiary/aromatic N) is 3. The molecule has 4 aromatic rings. The molecule has 0 spiro atoms. The molecule has 0 N–H and O–H groups in total. The number of pyridine rings is 1. The average molecular weight is 249 g/mol. The molecule has 92 valence electrons. The van der Waals surface area contributed by atoms with E-state index in [-0.39, 0.29) is 0 Å². The third-order valence-electron chi connectivity index (χ3n) is 3.33. The molecule has 3 aromatic heterocycles. The predicted molar refractivity (Wildman–Crippen MR) is 74.6 cm³/mol. The van der Waals surface area contributed by atoms with Gasteiger partial charge in [0.15, 0.2) is 5.65 Å². The van der Waals surface area contributed by atoms with Crippen LogP contribution in [0.3, 0.4) is 0 Å². The van der Waals surface area contributed by atoms with E-state index in [9.17, 15) is 0 Å². The zero-order valence-electron chi connectivity index (χ0n) is 10.4. The van der Waals surface area contributed by atoms with Gasteiger partial charge in [-0.2, -0.15) is 0 Å². The summed E-state index contributed by atoms with van der Waals surface area (Å²) in [5, 5.41) is 2.14. The number of hydrogen-bond donors (Lipinski definition) is 0. The zero-order chi connectivity index (χ0) is 12.8. The van der Waals surface area contributed by atoms with Gasteiger partial charge in [0.1, 0.15) is 11.4 Å². The van der Waals surface area contributed by atoms with Gasteiger partial charge in [-0.05, 0) is 36.4 Å². The second kappa shape index (κ2) is 3.68. The standard InChI is InChI=1S/C15H11N3O/c1-19-12-4-5-13-11(7-12)8-14-17-15-10(9-18(13)14)3-2-6-16-15/h2-9H,1H3. The Bertz CT molecular complexity index is 911. The molecule has 0 amide bonds. The molecule has 0 aliphatic carbocycles. The van der Waals surface area contributed by atoms with Crippen LogP contribution in [0.2, 0.25) is 0 Å². The summed E-state index contributed by atoms with van der Waals surface area (Å²) in [6, 6.07) is 12.0. The number of hydrogen-bond acceptors (Lipinski definition) is 3. The molecule has 0 aliphatic heterocycles. The van der Waals surface area contributed by atoms with Crippen LogP contribution >= 0.6 is 0 Å². The van der Waals surface area contributed by atoms with Crippen LogP contribution < -0.4 is 4.74 Å². The van der Waals surface area contributed by atoms with Crippen molar-refractivity contribution in [2.75, 3.05) is 7.11 Å². The molecule has 1 aromatic carbocycles. The van der Waals surface area contributed by atoms with Gasteiger partial charge in [0.25, 0.3) is 0 Å². The Morgan fingerprint density at radius 2 is 2.05 bits per heavy atom. The van der Waals surface area contributed by atoms with Gasteiger partial charge >= 0.3 is 0 Å². The van der Waals surface area contributed by atoms with E-state index in [1.165, 1.54) is 0 Å². The third kappa shape index (κ3) is 1.46. The number of benzene rings is 1. The van der Waals surface area contributed by atoms with Crippen molar-refractivity contribution in [1.82, 2.24) is 14.4 Å². The van der Waals surface area contributed by atoms with E-state index in [2.05, 4.69) is 20.6 Å². The van der Waals surface area contributed by atoms with Gasteiger partial charge in [0.05, 0.1) is 12.6 Å². The normalized spacial score (nSPS) is 11.4. The minimum Gasteiger partial charge on any atom is -0.497 e. The lowest BCUT2D eigenvalue weighted by molar-refractivity contribution is 0.415. The van der Waals surface area contributed by atoms with Gasteiger partial charge < -0.3 is 9.14 Å². The molecule has 4 nitrogen and oxygen atoms in total. The molecule has 0 radical (unpaired) electrons. The summed E-state index contributed by atoms with van der Waals surface area (Å²) in [6.45, 7) is 0. The lowest BCUT2D eigenvalue weighted by Crippen LogP contribution is -1.90. The summed E-state index contributed by atoms with van der Waals surface area (Å²) >= 11 is 0. The highest BCUT2D eigenvalue weighted by molar-refractivity contribution is 5.89. The van der Waals surface area contributed by atoms with Crippen LogP contribution in [-0.2, 0) is 0 Å². The Hall–Kier alpha value is -2.62. The molecule has 0 aliphatic rings. The fourth-order valence-corrected chi connectivity index (χ4v) is 2.40. The Morgan fingerprint density at radius 3 is 2.95 bits per heavy atom. The predicted octanol–water partition coefficient (Wildman–Crippen LogP) is 3.04. The minimum atomic E-state index is 0.768. The molecule has 0 atom stereocenters.